The van der Waals surface area contributed by atoms with Crippen molar-refractivity contribution in [3.8, 4) is 0 Å². The fraction of sp³-hybridized carbons (Fsp3) is 0.889. The van der Waals surface area contributed by atoms with Gasteiger partial charge in [-0.2, -0.15) is 65.9 Å². The predicted octanol–water partition coefficient (Wildman–Crippen LogP) is 9.53. The molecule has 0 saturated heterocycles. The zero-order valence-electron chi connectivity index (χ0n) is 27.3. The van der Waals surface area contributed by atoms with Crippen LogP contribution in [-0.4, -0.2) is 77.7 Å². The maximum Gasteiger partial charge on any atom is 0.510 e. The van der Waals surface area contributed by atoms with E-state index in [1.54, 1.807) is 0 Å². The second kappa shape index (κ2) is 13.5. The lowest BCUT2D eigenvalue weighted by atomic mass is 9.65. The Hall–Kier alpha value is -3.04. The molecule has 0 amide bonds. The number of hydrogen-bond donors (Lipinski definition) is 0. The molecule has 294 valence electrons. The summed E-state index contributed by atoms with van der Waals surface area (Å²) in [4.78, 5) is 37.1. The number of esters is 1. The second-order valence-corrected chi connectivity index (χ2v) is 13.8. The first kappa shape index (κ1) is 45.0. The quantitative estimate of drug-likeness (QED) is 0.150. The van der Waals surface area contributed by atoms with Gasteiger partial charge in [0.05, 0.1) is 0 Å². The topological polar surface area (TPSA) is 97.4 Å². The summed E-state index contributed by atoms with van der Waals surface area (Å²) in [7, 11) is 0. The maximum absolute atomic E-state index is 14.6. The van der Waals surface area contributed by atoms with Gasteiger partial charge in [-0.1, -0.05) is 0 Å². The van der Waals surface area contributed by atoms with Gasteiger partial charge in [-0.15, -0.1) is 0 Å². The summed E-state index contributed by atoms with van der Waals surface area (Å²) in [6, 6.07) is 0. The van der Waals surface area contributed by atoms with Crippen LogP contribution in [0.25, 0.3) is 0 Å². The predicted molar refractivity (Wildman–Crippen MR) is 135 cm³/mol. The van der Waals surface area contributed by atoms with E-state index >= 15 is 0 Å². The SMILES string of the molecule is CC(C)(C)OC(=O)OC(C1CC(OC(=O)C(C)(C)C(F)(F)F)CC(C(OC(=O)OC(C)(C)C)(C(F)(F)F)C(F)(F)F)C1)(C(F)(F)F)C(F)(F)F. The zero-order valence-corrected chi connectivity index (χ0v) is 27.3. The number of carbonyl (C=O) groups is 3. The summed E-state index contributed by atoms with van der Waals surface area (Å²) in [5.74, 6) is -10.2. The van der Waals surface area contributed by atoms with Crippen molar-refractivity contribution >= 4 is 18.3 Å². The average Bonchev–Trinajstić information content (AvgIpc) is 2.79. The fourth-order valence-corrected chi connectivity index (χ4v) is 4.89. The Balaban J connectivity index is 4.26. The minimum absolute atomic E-state index is 0.0792. The molecular weight excluding hydrogens is 737 g/mol. The van der Waals surface area contributed by atoms with Gasteiger partial charge >= 0.3 is 60.4 Å². The van der Waals surface area contributed by atoms with E-state index in [0.29, 0.717) is 0 Å². The molecule has 0 bridgehead atoms. The van der Waals surface area contributed by atoms with Crippen LogP contribution >= 0.6 is 0 Å². The number of ether oxygens (including phenoxy) is 5. The molecule has 0 aliphatic heterocycles. The first-order valence-electron chi connectivity index (χ1n) is 14.0. The molecule has 1 fully saturated rings. The average molecular weight is 771 g/mol. The van der Waals surface area contributed by atoms with Crippen LogP contribution in [0.4, 0.5) is 75.4 Å². The van der Waals surface area contributed by atoms with Crippen LogP contribution in [0.5, 0.6) is 0 Å². The maximum atomic E-state index is 14.6. The molecule has 2 atom stereocenters. The molecule has 1 saturated carbocycles. The van der Waals surface area contributed by atoms with Gasteiger partial charge in [0.25, 0.3) is 0 Å². The molecule has 8 nitrogen and oxygen atoms in total. The third kappa shape index (κ3) is 9.44. The summed E-state index contributed by atoms with van der Waals surface area (Å²) in [5, 5.41) is 0. The van der Waals surface area contributed by atoms with E-state index in [2.05, 4.69) is 23.7 Å². The molecule has 0 aromatic heterocycles. The summed E-state index contributed by atoms with van der Waals surface area (Å²) in [6.07, 6.45) is -48.8. The van der Waals surface area contributed by atoms with Crippen molar-refractivity contribution in [2.24, 2.45) is 17.3 Å². The van der Waals surface area contributed by atoms with E-state index in [9.17, 15) is 80.2 Å². The van der Waals surface area contributed by atoms with Gasteiger partial charge in [0.1, 0.15) is 17.3 Å². The van der Waals surface area contributed by atoms with E-state index in [4.69, 9.17) is 0 Å². The highest BCUT2D eigenvalue weighted by atomic mass is 19.4. The first-order valence-corrected chi connectivity index (χ1v) is 14.0. The molecule has 50 heavy (non-hydrogen) atoms. The van der Waals surface area contributed by atoms with Gasteiger partial charge in [-0.3, -0.25) is 4.79 Å². The van der Waals surface area contributed by atoms with Crippen molar-refractivity contribution in [3.05, 3.63) is 0 Å². The highest BCUT2D eigenvalue weighted by Gasteiger charge is 2.82. The Labute approximate surface area is 274 Å². The minimum Gasteiger partial charge on any atom is -0.462 e. The van der Waals surface area contributed by atoms with Crippen molar-refractivity contribution in [1.29, 1.82) is 0 Å². The van der Waals surface area contributed by atoms with Gasteiger partial charge in [-0.25, -0.2) is 9.59 Å². The van der Waals surface area contributed by atoms with Gasteiger partial charge in [0, 0.05) is 11.8 Å². The molecule has 1 aliphatic rings. The molecule has 1 rings (SSSR count). The van der Waals surface area contributed by atoms with Crippen LogP contribution in [0.3, 0.4) is 0 Å². The van der Waals surface area contributed by atoms with Crippen molar-refractivity contribution in [2.45, 2.75) is 134 Å². The van der Waals surface area contributed by atoms with E-state index in [1.165, 1.54) is 0 Å². The van der Waals surface area contributed by atoms with Crippen molar-refractivity contribution in [2.75, 3.05) is 0 Å². The Bertz CT molecular complexity index is 1130. The second-order valence-electron chi connectivity index (χ2n) is 13.8. The van der Waals surface area contributed by atoms with Crippen molar-refractivity contribution in [1.82, 2.24) is 0 Å². The largest absolute Gasteiger partial charge is 0.510 e. The Kier molecular flexibility index (Phi) is 12.1. The van der Waals surface area contributed by atoms with Crippen LogP contribution in [0.15, 0.2) is 0 Å². The van der Waals surface area contributed by atoms with Gasteiger partial charge in [-0.05, 0) is 74.7 Å². The molecule has 0 heterocycles. The number of halogens is 15. The van der Waals surface area contributed by atoms with E-state index < -0.39 is 114 Å². The molecular formula is C27H33F15O8. The summed E-state index contributed by atoms with van der Waals surface area (Å²) < 4.78 is 236. The van der Waals surface area contributed by atoms with Crippen molar-refractivity contribution < 1.29 is 104 Å². The minimum atomic E-state index is -6.96. The van der Waals surface area contributed by atoms with Gasteiger partial charge in [0.2, 0.25) is 0 Å². The van der Waals surface area contributed by atoms with Crippen LogP contribution < -0.4 is 0 Å². The van der Waals surface area contributed by atoms with Gasteiger partial charge in [0.15, 0.2) is 5.41 Å². The Morgan fingerprint density at radius 1 is 0.440 bits per heavy atom. The molecule has 2 unspecified atom stereocenters. The van der Waals surface area contributed by atoms with Crippen LogP contribution in [-0.2, 0) is 28.5 Å². The summed E-state index contributed by atoms with van der Waals surface area (Å²) in [6.45, 7) is 5.66. The molecule has 23 heteroatoms. The Morgan fingerprint density at radius 3 is 0.940 bits per heavy atom. The number of carbonyl (C=O) groups excluding carboxylic acids is 3. The Morgan fingerprint density at radius 2 is 0.720 bits per heavy atom. The smallest absolute Gasteiger partial charge is 0.462 e. The lowest BCUT2D eigenvalue weighted by Gasteiger charge is -2.50. The summed E-state index contributed by atoms with van der Waals surface area (Å²) in [5.41, 5.74) is -19.6. The molecule has 0 aromatic rings. The van der Waals surface area contributed by atoms with Gasteiger partial charge < -0.3 is 23.7 Å². The first-order chi connectivity index (χ1) is 21.7. The molecule has 0 N–H and O–H groups in total. The number of hydrogen-bond acceptors (Lipinski definition) is 8. The standard InChI is InChI=1S/C27H33F15O8/c1-18(2,3)47-16(44)49-21(24(31,32)33,25(34,35)36)12-9-13(11-14(10-12)46-15(43)20(7,8)23(28,29)30)22(26(37,38)39,27(40,41)42)50-17(45)48-19(4,5)6/h12-14H,9-11H2,1-8H3. The normalized spacial score (nSPS) is 20.9. The molecule has 0 radical (unpaired) electrons. The third-order valence-electron chi connectivity index (χ3n) is 7.26. The van der Waals surface area contributed by atoms with E-state index in [1.807, 2.05) is 0 Å². The highest BCUT2D eigenvalue weighted by molar-refractivity contribution is 5.77. The lowest BCUT2D eigenvalue weighted by Crippen LogP contribution is -2.69. The van der Waals surface area contributed by atoms with Crippen LogP contribution in [0, 0.1) is 17.3 Å². The number of alkyl halides is 15. The number of rotatable bonds is 6. The summed E-state index contributed by atoms with van der Waals surface area (Å²) >= 11 is 0. The molecule has 1 aliphatic carbocycles. The molecule has 0 aromatic carbocycles. The monoisotopic (exact) mass is 770 g/mol. The highest BCUT2D eigenvalue weighted by Crippen LogP contribution is 2.61. The van der Waals surface area contributed by atoms with Crippen molar-refractivity contribution in [3.63, 3.8) is 0 Å². The van der Waals surface area contributed by atoms with Crippen LogP contribution in [0.1, 0.15) is 74.7 Å². The van der Waals surface area contributed by atoms with E-state index in [0.717, 1.165) is 41.5 Å². The molecule has 0 spiro atoms. The lowest BCUT2D eigenvalue weighted by molar-refractivity contribution is -0.406. The fourth-order valence-electron chi connectivity index (χ4n) is 4.89. The third-order valence-corrected chi connectivity index (χ3v) is 7.26. The zero-order chi connectivity index (χ0) is 40.1. The van der Waals surface area contributed by atoms with E-state index in [-0.39, 0.29) is 13.8 Å². The van der Waals surface area contributed by atoms with Crippen LogP contribution in [0.2, 0.25) is 0 Å².